The summed E-state index contributed by atoms with van der Waals surface area (Å²) in [6, 6.07) is 15.0. The van der Waals surface area contributed by atoms with E-state index in [0.29, 0.717) is 6.42 Å². The second-order valence-electron chi connectivity index (χ2n) is 5.19. The molecule has 0 saturated carbocycles. The summed E-state index contributed by atoms with van der Waals surface area (Å²) in [7, 11) is 0. The number of anilines is 1. The third kappa shape index (κ3) is 4.03. The Morgan fingerprint density at radius 3 is 2.43 bits per heavy atom. The third-order valence-electron chi connectivity index (χ3n) is 3.50. The summed E-state index contributed by atoms with van der Waals surface area (Å²) in [6.07, 6.45) is 4.07. The van der Waals surface area contributed by atoms with Crippen molar-refractivity contribution in [2.24, 2.45) is 5.73 Å². The number of rotatable bonds is 5. The molecule has 4 nitrogen and oxygen atoms in total. The van der Waals surface area contributed by atoms with Gasteiger partial charge >= 0.3 is 0 Å². The molecular formula is C18H17N3OS. The maximum atomic E-state index is 12.2. The number of carbonyl (C=O) groups excluding carboxylic acids is 1. The Morgan fingerprint density at radius 1 is 1.09 bits per heavy atom. The van der Waals surface area contributed by atoms with Gasteiger partial charge in [0.2, 0.25) is 5.91 Å². The van der Waals surface area contributed by atoms with E-state index in [2.05, 4.69) is 10.3 Å². The second kappa shape index (κ2) is 7.17. The number of benzene rings is 1. The molecule has 0 aliphatic rings. The predicted molar refractivity (Wildman–Crippen MR) is 94.3 cm³/mol. The number of aromatic nitrogens is 1. The molecule has 3 rings (SSSR count). The number of nitrogens with two attached hydrogens (primary N) is 1. The topological polar surface area (TPSA) is 68.0 Å². The van der Waals surface area contributed by atoms with E-state index in [1.807, 2.05) is 53.9 Å². The van der Waals surface area contributed by atoms with E-state index in [4.69, 9.17) is 5.73 Å². The molecular weight excluding hydrogens is 306 g/mol. The summed E-state index contributed by atoms with van der Waals surface area (Å²) in [5.41, 5.74) is 8.88. The van der Waals surface area contributed by atoms with Gasteiger partial charge in [0.05, 0.1) is 6.04 Å². The van der Waals surface area contributed by atoms with E-state index in [9.17, 15) is 4.79 Å². The molecule has 2 heterocycles. The van der Waals surface area contributed by atoms with Crippen LogP contribution >= 0.6 is 11.3 Å². The second-order valence-corrected chi connectivity index (χ2v) is 6.22. The van der Waals surface area contributed by atoms with Crippen LogP contribution in [0.3, 0.4) is 0 Å². The van der Waals surface area contributed by atoms with Gasteiger partial charge in [-0.2, -0.15) is 0 Å². The van der Waals surface area contributed by atoms with Crippen LogP contribution in [-0.2, 0) is 11.2 Å². The Morgan fingerprint density at radius 2 is 1.78 bits per heavy atom. The van der Waals surface area contributed by atoms with Crippen LogP contribution in [0, 0.1) is 0 Å². The molecule has 0 spiro atoms. The number of nitrogens with one attached hydrogen (secondary N) is 1. The van der Waals surface area contributed by atoms with Crippen LogP contribution in [0.15, 0.2) is 66.3 Å². The van der Waals surface area contributed by atoms with Gasteiger partial charge in [-0.3, -0.25) is 9.78 Å². The maximum Gasteiger partial charge on any atom is 0.241 e. The average molecular weight is 323 g/mol. The van der Waals surface area contributed by atoms with Crippen molar-refractivity contribution in [3.63, 3.8) is 0 Å². The van der Waals surface area contributed by atoms with Crippen molar-refractivity contribution in [2.75, 3.05) is 5.32 Å². The van der Waals surface area contributed by atoms with Gasteiger partial charge in [0, 0.05) is 29.4 Å². The quantitative estimate of drug-likeness (QED) is 0.757. The highest BCUT2D eigenvalue weighted by atomic mass is 32.1. The van der Waals surface area contributed by atoms with E-state index in [1.165, 1.54) is 0 Å². The fourth-order valence-corrected chi connectivity index (χ4v) is 3.03. The molecule has 0 saturated heterocycles. The predicted octanol–water partition coefficient (Wildman–Crippen LogP) is 3.32. The van der Waals surface area contributed by atoms with Crippen molar-refractivity contribution in [3.05, 3.63) is 71.2 Å². The number of nitrogens with zero attached hydrogens (tertiary/aromatic N) is 1. The van der Waals surface area contributed by atoms with Gasteiger partial charge in [-0.05, 0) is 46.8 Å². The molecule has 23 heavy (non-hydrogen) atoms. The lowest BCUT2D eigenvalue weighted by molar-refractivity contribution is -0.117. The first kappa shape index (κ1) is 15.4. The molecule has 0 aliphatic heterocycles. The van der Waals surface area contributed by atoms with Gasteiger partial charge in [0.1, 0.15) is 0 Å². The van der Waals surface area contributed by atoms with Crippen LogP contribution in [0.2, 0.25) is 0 Å². The van der Waals surface area contributed by atoms with Crippen LogP contribution in [0.25, 0.3) is 11.1 Å². The van der Waals surface area contributed by atoms with Crippen molar-refractivity contribution >= 4 is 22.9 Å². The lowest BCUT2D eigenvalue weighted by Gasteiger charge is -2.12. The fourth-order valence-electron chi connectivity index (χ4n) is 2.26. The Balaban J connectivity index is 1.62. The van der Waals surface area contributed by atoms with Gasteiger partial charge in [0.15, 0.2) is 0 Å². The summed E-state index contributed by atoms with van der Waals surface area (Å²) < 4.78 is 0. The summed E-state index contributed by atoms with van der Waals surface area (Å²) in [6.45, 7) is 0. The number of hydrogen-bond donors (Lipinski definition) is 2. The maximum absolute atomic E-state index is 12.2. The largest absolute Gasteiger partial charge is 0.325 e. The summed E-state index contributed by atoms with van der Waals surface area (Å²) in [5, 5.41) is 4.85. The minimum absolute atomic E-state index is 0.171. The molecule has 0 bridgehead atoms. The Hall–Kier alpha value is -2.50. The van der Waals surface area contributed by atoms with Crippen LogP contribution in [-0.4, -0.2) is 16.9 Å². The van der Waals surface area contributed by atoms with E-state index >= 15 is 0 Å². The fraction of sp³-hybridized carbons (Fsp3) is 0.111. The summed E-state index contributed by atoms with van der Waals surface area (Å²) in [4.78, 5) is 17.3. The highest BCUT2D eigenvalue weighted by Gasteiger charge is 2.14. The number of pyridine rings is 1. The van der Waals surface area contributed by atoms with Crippen molar-refractivity contribution in [1.29, 1.82) is 0 Å². The Kier molecular flexibility index (Phi) is 4.80. The number of amides is 1. The molecule has 1 atom stereocenters. The first-order valence-electron chi connectivity index (χ1n) is 7.31. The molecule has 0 radical (unpaired) electrons. The molecule has 3 aromatic rings. The molecule has 0 unspecified atom stereocenters. The van der Waals surface area contributed by atoms with E-state index in [1.54, 1.807) is 23.7 Å². The molecule has 0 aliphatic carbocycles. The molecule has 0 fully saturated rings. The minimum Gasteiger partial charge on any atom is -0.325 e. The molecule has 1 aromatic carbocycles. The number of carbonyl (C=O) groups is 1. The molecule has 116 valence electrons. The first-order valence-corrected chi connectivity index (χ1v) is 8.19. The van der Waals surface area contributed by atoms with Crippen molar-refractivity contribution in [2.45, 2.75) is 12.5 Å². The Bertz CT molecular complexity index is 755. The first-order chi connectivity index (χ1) is 11.2. The van der Waals surface area contributed by atoms with Gasteiger partial charge in [-0.1, -0.05) is 18.2 Å². The van der Waals surface area contributed by atoms with Crippen molar-refractivity contribution < 1.29 is 4.79 Å². The molecule has 1 amide bonds. The van der Waals surface area contributed by atoms with Crippen LogP contribution in [0.5, 0.6) is 0 Å². The summed E-state index contributed by atoms with van der Waals surface area (Å²) >= 11 is 1.61. The van der Waals surface area contributed by atoms with Gasteiger partial charge in [-0.15, -0.1) is 11.3 Å². The monoisotopic (exact) mass is 323 g/mol. The molecule has 2 aromatic heterocycles. The Labute approximate surface area is 139 Å². The van der Waals surface area contributed by atoms with Crippen LogP contribution in [0.1, 0.15) is 4.88 Å². The molecule has 3 N–H and O–H groups in total. The number of thiophene rings is 1. The van der Waals surface area contributed by atoms with Crippen molar-refractivity contribution in [3.8, 4) is 11.1 Å². The van der Waals surface area contributed by atoms with Gasteiger partial charge in [-0.25, -0.2) is 0 Å². The highest BCUT2D eigenvalue weighted by Crippen LogP contribution is 2.20. The van der Waals surface area contributed by atoms with Crippen LogP contribution in [0.4, 0.5) is 5.69 Å². The minimum atomic E-state index is -0.548. The highest BCUT2D eigenvalue weighted by molar-refractivity contribution is 7.09. The van der Waals surface area contributed by atoms with Gasteiger partial charge in [0.25, 0.3) is 0 Å². The zero-order valence-electron chi connectivity index (χ0n) is 12.5. The standard InChI is InChI=1S/C18H17N3OS/c19-17(12-16-2-1-11-23-16)18(22)21-15-5-3-13(4-6-15)14-7-9-20-10-8-14/h1-11,17H,12,19H2,(H,21,22)/t17-/m0/s1. The third-order valence-corrected chi connectivity index (χ3v) is 4.40. The number of hydrogen-bond acceptors (Lipinski definition) is 4. The van der Waals surface area contributed by atoms with E-state index in [0.717, 1.165) is 21.7 Å². The van der Waals surface area contributed by atoms with Crippen molar-refractivity contribution in [1.82, 2.24) is 4.98 Å². The smallest absolute Gasteiger partial charge is 0.241 e. The SMILES string of the molecule is N[C@@H](Cc1cccs1)C(=O)Nc1ccc(-c2ccncc2)cc1. The molecule has 5 heteroatoms. The van der Waals surface area contributed by atoms with E-state index < -0.39 is 6.04 Å². The lowest BCUT2D eigenvalue weighted by atomic mass is 10.1. The van der Waals surface area contributed by atoms with Gasteiger partial charge < -0.3 is 11.1 Å². The zero-order valence-corrected chi connectivity index (χ0v) is 13.3. The zero-order chi connectivity index (χ0) is 16.1. The lowest BCUT2D eigenvalue weighted by Crippen LogP contribution is -2.37. The van der Waals surface area contributed by atoms with Crippen LogP contribution < -0.4 is 11.1 Å². The normalized spacial score (nSPS) is 11.9. The summed E-state index contributed by atoms with van der Waals surface area (Å²) in [5.74, 6) is -0.171. The van der Waals surface area contributed by atoms with E-state index in [-0.39, 0.29) is 5.91 Å². The average Bonchev–Trinajstić information content (AvgIpc) is 3.09.